The molecule has 0 fully saturated rings. The molecular formula is C22H18Cl2N6. The Hall–Kier alpha value is -3.35. The summed E-state index contributed by atoms with van der Waals surface area (Å²) in [6.07, 6.45) is 3.20. The maximum Gasteiger partial charge on any atom is 0.163 e. The minimum atomic E-state index is 0.394. The molecule has 0 amide bonds. The fraction of sp³-hybridized carbons (Fsp3) is 0.0455. The maximum absolute atomic E-state index is 6.48. The summed E-state index contributed by atoms with van der Waals surface area (Å²) in [4.78, 5) is 15.2. The molecule has 30 heavy (non-hydrogen) atoms. The van der Waals surface area contributed by atoms with Gasteiger partial charge in [-0.2, -0.15) is 0 Å². The van der Waals surface area contributed by atoms with Gasteiger partial charge in [-0.25, -0.2) is 15.0 Å². The summed E-state index contributed by atoms with van der Waals surface area (Å²) < 4.78 is 0. The third-order valence-electron chi connectivity index (χ3n) is 4.41. The minimum absolute atomic E-state index is 0.394. The summed E-state index contributed by atoms with van der Waals surface area (Å²) >= 11 is 12.1. The van der Waals surface area contributed by atoms with Crippen LogP contribution in [0.1, 0.15) is 5.56 Å². The van der Waals surface area contributed by atoms with Crippen LogP contribution in [0, 0.1) is 0 Å². The predicted molar refractivity (Wildman–Crippen MR) is 123 cm³/mol. The molecule has 0 radical (unpaired) electrons. The standard InChI is InChI=1S/C22H18Cl2N6/c23-17-10-9-16(12-18(17)24)29-21-20(25)22(28-14-27-21)30(19-8-4-5-11-26-19)13-15-6-2-1-3-7-15/h1-12,14H,13,25H2,(H,27,28,29). The van der Waals surface area contributed by atoms with Gasteiger partial charge in [0.2, 0.25) is 0 Å². The van der Waals surface area contributed by atoms with Crippen molar-refractivity contribution in [1.82, 2.24) is 15.0 Å². The number of rotatable bonds is 6. The summed E-state index contributed by atoms with van der Waals surface area (Å²) in [5.74, 6) is 1.75. The van der Waals surface area contributed by atoms with Crippen LogP contribution < -0.4 is 16.0 Å². The van der Waals surface area contributed by atoms with E-state index in [1.54, 1.807) is 24.4 Å². The molecule has 2 heterocycles. The van der Waals surface area contributed by atoms with Crippen molar-refractivity contribution in [2.24, 2.45) is 0 Å². The molecule has 0 bridgehead atoms. The van der Waals surface area contributed by atoms with Crippen LogP contribution in [0.15, 0.2) is 79.3 Å². The molecular weight excluding hydrogens is 419 g/mol. The number of pyridine rings is 1. The van der Waals surface area contributed by atoms with E-state index in [2.05, 4.69) is 20.3 Å². The molecule has 2 aromatic carbocycles. The van der Waals surface area contributed by atoms with Gasteiger partial charge in [0.1, 0.15) is 17.8 Å². The van der Waals surface area contributed by atoms with Gasteiger partial charge >= 0.3 is 0 Å². The number of nitrogen functional groups attached to an aromatic ring is 1. The number of hydrogen-bond donors (Lipinski definition) is 2. The molecule has 0 aliphatic rings. The van der Waals surface area contributed by atoms with Crippen molar-refractivity contribution in [3.63, 3.8) is 0 Å². The molecule has 0 aliphatic carbocycles. The Morgan fingerprint density at radius 3 is 2.40 bits per heavy atom. The second-order valence-corrected chi connectivity index (χ2v) is 7.29. The summed E-state index contributed by atoms with van der Waals surface area (Å²) in [6, 6.07) is 21.0. The highest BCUT2D eigenvalue weighted by molar-refractivity contribution is 6.42. The molecule has 4 rings (SSSR count). The fourth-order valence-corrected chi connectivity index (χ4v) is 3.25. The quantitative estimate of drug-likeness (QED) is 0.394. The number of nitrogens with zero attached hydrogens (tertiary/aromatic N) is 4. The predicted octanol–water partition coefficient (Wildman–Crippen LogP) is 5.84. The van der Waals surface area contributed by atoms with Crippen molar-refractivity contribution in [2.75, 3.05) is 16.0 Å². The van der Waals surface area contributed by atoms with Crippen LogP contribution in [-0.2, 0) is 6.54 Å². The van der Waals surface area contributed by atoms with E-state index >= 15 is 0 Å². The molecule has 2 aromatic heterocycles. The van der Waals surface area contributed by atoms with Gasteiger partial charge in [0.05, 0.1) is 16.6 Å². The van der Waals surface area contributed by atoms with Crippen LogP contribution in [0.5, 0.6) is 0 Å². The largest absolute Gasteiger partial charge is 0.393 e. The Labute approximate surface area is 184 Å². The first-order chi connectivity index (χ1) is 14.6. The van der Waals surface area contributed by atoms with E-state index in [1.807, 2.05) is 53.4 Å². The lowest BCUT2D eigenvalue weighted by molar-refractivity contribution is 0.918. The van der Waals surface area contributed by atoms with Crippen LogP contribution in [0.2, 0.25) is 10.0 Å². The molecule has 0 atom stereocenters. The van der Waals surface area contributed by atoms with E-state index in [-0.39, 0.29) is 0 Å². The van der Waals surface area contributed by atoms with E-state index in [1.165, 1.54) is 6.33 Å². The Bertz CT molecular complexity index is 1140. The Balaban J connectivity index is 1.72. The van der Waals surface area contributed by atoms with E-state index < -0.39 is 0 Å². The van der Waals surface area contributed by atoms with Gasteiger partial charge in [-0.05, 0) is 35.9 Å². The number of anilines is 5. The molecule has 0 saturated carbocycles. The Morgan fingerprint density at radius 1 is 0.867 bits per heavy atom. The zero-order valence-corrected chi connectivity index (χ0v) is 17.3. The highest BCUT2D eigenvalue weighted by Crippen LogP contribution is 2.34. The van der Waals surface area contributed by atoms with Gasteiger partial charge in [0.25, 0.3) is 0 Å². The van der Waals surface area contributed by atoms with Gasteiger partial charge < -0.3 is 16.0 Å². The van der Waals surface area contributed by atoms with Crippen LogP contribution in [0.4, 0.5) is 28.8 Å². The summed E-state index contributed by atoms with van der Waals surface area (Å²) in [5.41, 5.74) is 8.68. The lowest BCUT2D eigenvalue weighted by Crippen LogP contribution is -2.21. The highest BCUT2D eigenvalue weighted by atomic mass is 35.5. The molecule has 150 valence electrons. The van der Waals surface area contributed by atoms with Crippen molar-refractivity contribution >= 4 is 52.0 Å². The number of nitrogens with two attached hydrogens (primary N) is 1. The second-order valence-electron chi connectivity index (χ2n) is 6.47. The van der Waals surface area contributed by atoms with E-state index in [9.17, 15) is 0 Å². The van der Waals surface area contributed by atoms with Crippen LogP contribution in [0.25, 0.3) is 0 Å². The van der Waals surface area contributed by atoms with Gasteiger partial charge in [-0.1, -0.05) is 59.6 Å². The van der Waals surface area contributed by atoms with Crippen molar-refractivity contribution in [3.05, 3.63) is 94.9 Å². The summed E-state index contributed by atoms with van der Waals surface area (Å²) in [7, 11) is 0. The number of hydrogen-bond acceptors (Lipinski definition) is 6. The van der Waals surface area contributed by atoms with Crippen molar-refractivity contribution in [2.45, 2.75) is 6.54 Å². The fourth-order valence-electron chi connectivity index (χ4n) is 2.96. The second kappa shape index (κ2) is 8.98. The number of halogens is 2. The average molecular weight is 437 g/mol. The topological polar surface area (TPSA) is 80.0 Å². The van der Waals surface area contributed by atoms with E-state index in [4.69, 9.17) is 28.9 Å². The molecule has 4 aromatic rings. The summed E-state index contributed by atoms with van der Waals surface area (Å²) in [6.45, 7) is 0.547. The molecule has 0 aliphatic heterocycles. The van der Waals surface area contributed by atoms with Gasteiger partial charge in [-0.15, -0.1) is 0 Å². The minimum Gasteiger partial charge on any atom is -0.393 e. The monoisotopic (exact) mass is 436 g/mol. The van der Waals surface area contributed by atoms with E-state index in [0.717, 1.165) is 11.4 Å². The van der Waals surface area contributed by atoms with Crippen molar-refractivity contribution < 1.29 is 0 Å². The van der Waals surface area contributed by atoms with Crippen molar-refractivity contribution in [1.29, 1.82) is 0 Å². The van der Waals surface area contributed by atoms with Gasteiger partial charge in [0, 0.05) is 11.9 Å². The third-order valence-corrected chi connectivity index (χ3v) is 5.15. The number of benzene rings is 2. The normalized spacial score (nSPS) is 10.6. The third kappa shape index (κ3) is 4.45. The van der Waals surface area contributed by atoms with Gasteiger partial charge in [0.15, 0.2) is 11.6 Å². The SMILES string of the molecule is Nc1c(Nc2ccc(Cl)c(Cl)c2)ncnc1N(Cc1ccccc1)c1ccccn1. The van der Waals surface area contributed by atoms with Crippen molar-refractivity contribution in [3.8, 4) is 0 Å². The first-order valence-corrected chi connectivity index (χ1v) is 9.92. The molecule has 0 spiro atoms. The average Bonchev–Trinajstić information content (AvgIpc) is 2.78. The first kappa shape index (κ1) is 19.9. The number of aromatic nitrogens is 3. The van der Waals surface area contributed by atoms with Gasteiger partial charge in [-0.3, -0.25) is 0 Å². The zero-order valence-electron chi connectivity index (χ0n) is 15.8. The molecule has 0 unspecified atom stereocenters. The lowest BCUT2D eigenvalue weighted by Gasteiger charge is -2.25. The van der Waals surface area contributed by atoms with Crippen LogP contribution in [0.3, 0.4) is 0 Å². The maximum atomic E-state index is 6.48. The zero-order chi connectivity index (χ0) is 20.9. The van der Waals surface area contributed by atoms with E-state index in [0.29, 0.717) is 39.6 Å². The smallest absolute Gasteiger partial charge is 0.163 e. The first-order valence-electron chi connectivity index (χ1n) is 9.17. The lowest BCUT2D eigenvalue weighted by atomic mass is 10.2. The molecule has 6 nitrogen and oxygen atoms in total. The summed E-state index contributed by atoms with van der Waals surface area (Å²) in [5, 5.41) is 4.10. The highest BCUT2D eigenvalue weighted by Gasteiger charge is 2.18. The van der Waals surface area contributed by atoms with Crippen LogP contribution >= 0.6 is 23.2 Å². The Kier molecular flexibility index (Phi) is 5.97. The Morgan fingerprint density at radius 2 is 1.67 bits per heavy atom. The number of nitrogens with one attached hydrogen (secondary N) is 1. The molecule has 8 heteroatoms. The molecule has 3 N–H and O–H groups in total. The van der Waals surface area contributed by atoms with Crippen LogP contribution in [-0.4, -0.2) is 15.0 Å². The molecule has 0 saturated heterocycles.